The van der Waals surface area contributed by atoms with E-state index in [9.17, 15) is 14.3 Å². The summed E-state index contributed by atoms with van der Waals surface area (Å²) in [6, 6.07) is 5.51. The third-order valence-corrected chi connectivity index (χ3v) is 4.37. The van der Waals surface area contributed by atoms with Gasteiger partial charge in [-0.2, -0.15) is 4.98 Å². The van der Waals surface area contributed by atoms with Gasteiger partial charge in [0.2, 0.25) is 5.89 Å². The Bertz CT molecular complexity index is 711. The zero-order valence-corrected chi connectivity index (χ0v) is 13.5. The van der Waals surface area contributed by atoms with E-state index in [1.807, 2.05) is 0 Å². The van der Waals surface area contributed by atoms with Crippen LogP contribution < -0.4 is 0 Å². The molecule has 1 N–H and O–H groups in total. The highest BCUT2D eigenvalue weighted by atomic mass is 19.1. The molecule has 0 saturated carbocycles. The molecule has 0 bridgehead atoms. The number of piperidine rings is 1. The minimum Gasteiger partial charge on any atom is -0.378 e. The molecule has 1 aliphatic heterocycles. The Labute approximate surface area is 139 Å². The average Bonchev–Trinajstić information content (AvgIpc) is 2.99. The Hall–Kier alpha value is -2.28. The largest absolute Gasteiger partial charge is 0.378 e. The zero-order chi connectivity index (χ0) is 17.1. The molecule has 1 aromatic carbocycles. The van der Waals surface area contributed by atoms with Crippen LogP contribution in [0.25, 0.3) is 0 Å². The molecule has 1 aliphatic rings. The topological polar surface area (TPSA) is 79.5 Å². The first kappa shape index (κ1) is 16.6. The second-order valence-corrected chi connectivity index (χ2v) is 6.16. The lowest BCUT2D eigenvalue weighted by atomic mass is 9.92. The maximum atomic E-state index is 13.2. The van der Waals surface area contributed by atoms with Crippen molar-refractivity contribution in [3.8, 4) is 0 Å². The number of benzene rings is 1. The minimum absolute atomic E-state index is 0.282. The van der Waals surface area contributed by atoms with E-state index >= 15 is 0 Å². The number of hydrogen-bond donors (Lipinski definition) is 1. The maximum absolute atomic E-state index is 13.2. The van der Waals surface area contributed by atoms with Crippen LogP contribution in [0.4, 0.5) is 4.39 Å². The molecule has 7 heteroatoms. The summed E-state index contributed by atoms with van der Waals surface area (Å²) in [6.07, 6.45) is 1.04. The van der Waals surface area contributed by atoms with Crippen molar-refractivity contribution >= 4 is 5.91 Å². The van der Waals surface area contributed by atoms with Crippen LogP contribution in [0.15, 0.2) is 28.8 Å². The van der Waals surface area contributed by atoms with Crippen LogP contribution >= 0.6 is 0 Å². The summed E-state index contributed by atoms with van der Waals surface area (Å²) >= 11 is 0. The molecule has 1 amide bonds. The summed E-state index contributed by atoms with van der Waals surface area (Å²) in [4.78, 5) is 18.2. The van der Waals surface area contributed by atoms with Crippen molar-refractivity contribution in [1.82, 2.24) is 15.0 Å². The Kier molecular flexibility index (Phi) is 4.89. The molecular weight excluding hydrogens is 313 g/mol. The van der Waals surface area contributed by atoms with Gasteiger partial charge in [0.25, 0.3) is 5.91 Å². The first-order valence-corrected chi connectivity index (χ1v) is 8.04. The van der Waals surface area contributed by atoms with Gasteiger partial charge in [0.05, 0.1) is 0 Å². The van der Waals surface area contributed by atoms with E-state index in [0.29, 0.717) is 30.7 Å². The molecule has 0 radical (unpaired) electrons. The van der Waals surface area contributed by atoms with Gasteiger partial charge in [-0.15, -0.1) is 0 Å². The van der Waals surface area contributed by atoms with Crippen molar-refractivity contribution in [2.75, 3.05) is 13.1 Å². The monoisotopic (exact) mass is 333 g/mol. The van der Waals surface area contributed by atoms with Gasteiger partial charge in [-0.1, -0.05) is 17.3 Å². The van der Waals surface area contributed by atoms with Gasteiger partial charge >= 0.3 is 0 Å². The average molecular weight is 333 g/mol. The molecule has 0 spiro atoms. The van der Waals surface area contributed by atoms with Gasteiger partial charge in [0.1, 0.15) is 5.82 Å². The standard InChI is InChI=1S/C17H20FN3O3/c1-11-19-15(20-24-11)9-12-5-7-21(8-6-12)17(23)16(22)13-3-2-4-14(18)10-13/h2-4,10,12,16,22H,5-9H2,1H3/t16-/m1/s1. The highest BCUT2D eigenvalue weighted by Crippen LogP contribution is 2.24. The smallest absolute Gasteiger partial charge is 0.256 e. The van der Waals surface area contributed by atoms with Gasteiger partial charge in [-0.25, -0.2) is 4.39 Å². The van der Waals surface area contributed by atoms with Gasteiger partial charge < -0.3 is 14.5 Å². The minimum atomic E-state index is -1.32. The number of hydrogen-bond acceptors (Lipinski definition) is 5. The lowest BCUT2D eigenvalue weighted by Gasteiger charge is -2.32. The Balaban J connectivity index is 1.55. The number of rotatable bonds is 4. The van der Waals surface area contributed by atoms with E-state index in [4.69, 9.17) is 4.52 Å². The lowest BCUT2D eigenvalue weighted by molar-refractivity contribution is -0.142. The fraction of sp³-hybridized carbons (Fsp3) is 0.471. The number of amides is 1. The van der Waals surface area contributed by atoms with Gasteiger partial charge in [-0.3, -0.25) is 4.79 Å². The molecule has 1 saturated heterocycles. The summed E-state index contributed by atoms with van der Waals surface area (Å²) in [7, 11) is 0. The predicted molar refractivity (Wildman–Crippen MR) is 83.4 cm³/mol. The van der Waals surface area contributed by atoms with Crippen molar-refractivity contribution in [2.45, 2.75) is 32.3 Å². The van der Waals surface area contributed by atoms with E-state index in [0.717, 1.165) is 19.3 Å². The second-order valence-electron chi connectivity index (χ2n) is 6.16. The Morgan fingerprint density at radius 1 is 1.46 bits per heavy atom. The number of aryl methyl sites for hydroxylation is 1. The second kappa shape index (κ2) is 7.09. The van der Waals surface area contributed by atoms with Gasteiger partial charge in [0.15, 0.2) is 11.9 Å². The molecule has 0 unspecified atom stereocenters. The fourth-order valence-electron chi connectivity index (χ4n) is 3.03. The highest BCUT2D eigenvalue weighted by molar-refractivity contribution is 5.82. The van der Waals surface area contributed by atoms with Crippen molar-refractivity contribution in [3.63, 3.8) is 0 Å². The van der Waals surface area contributed by atoms with Gasteiger partial charge in [-0.05, 0) is 36.5 Å². The summed E-state index contributed by atoms with van der Waals surface area (Å²) < 4.78 is 18.2. The predicted octanol–water partition coefficient (Wildman–Crippen LogP) is 2.03. The van der Waals surface area contributed by atoms with Crippen molar-refractivity contribution in [2.24, 2.45) is 5.92 Å². The highest BCUT2D eigenvalue weighted by Gasteiger charge is 2.28. The molecule has 1 atom stereocenters. The SMILES string of the molecule is Cc1nc(CC2CCN(C(=O)[C@H](O)c3cccc(F)c3)CC2)no1. The van der Waals surface area contributed by atoms with Crippen LogP contribution in [0.3, 0.4) is 0 Å². The lowest BCUT2D eigenvalue weighted by Crippen LogP contribution is -2.41. The van der Waals surface area contributed by atoms with Crippen molar-refractivity contribution < 1.29 is 18.8 Å². The van der Waals surface area contributed by atoms with Crippen molar-refractivity contribution in [3.05, 3.63) is 47.4 Å². The van der Waals surface area contributed by atoms with E-state index in [1.54, 1.807) is 17.9 Å². The third kappa shape index (κ3) is 3.79. The molecule has 2 heterocycles. The van der Waals surface area contributed by atoms with Crippen LogP contribution in [0.5, 0.6) is 0 Å². The first-order chi connectivity index (χ1) is 11.5. The number of aliphatic hydroxyl groups is 1. The first-order valence-electron chi connectivity index (χ1n) is 8.04. The zero-order valence-electron chi connectivity index (χ0n) is 13.5. The Morgan fingerprint density at radius 3 is 2.83 bits per heavy atom. The Morgan fingerprint density at radius 2 is 2.21 bits per heavy atom. The summed E-state index contributed by atoms with van der Waals surface area (Å²) in [5.41, 5.74) is 0.282. The number of aliphatic hydroxyl groups excluding tert-OH is 1. The van der Waals surface area contributed by atoms with Gasteiger partial charge in [0, 0.05) is 26.4 Å². The van der Waals surface area contributed by atoms with Crippen molar-refractivity contribution in [1.29, 1.82) is 0 Å². The number of carbonyl (C=O) groups is 1. The van der Waals surface area contributed by atoms with Crippen LogP contribution in [0.2, 0.25) is 0 Å². The molecule has 24 heavy (non-hydrogen) atoms. The van der Waals surface area contributed by atoms with E-state index in [2.05, 4.69) is 10.1 Å². The summed E-state index contributed by atoms with van der Waals surface area (Å²) in [5, 5.41) is 14.1. The molecule has 1 fully saturated rings. The number of aromatic nitrogens is 2. The normalized spacial score (nSPS) is 17.0. The summed E-state index contributed by atoms with van der Waals surface area (Å²) in [6.45, 7) is 2.88. The van der Waals surface area contributed by atoms with Crippen LogP contribution in [0.1, 0.15) is 36.2 Å². The summed E-state index contributed by atoms with van der Waals surface area (Å²) in [5.74, 6) is 0.785. The number of likely N-dealkylation sites (tertiary alicyclic amines) is 1. The van der Waals surface area contributed by atoms with Crippen LogP contribution in [0, 0.1) is 18.7 Å². The molecular formula is C17H20FN3O3. The van der Waals surface area contributed by atoms with E-state index in [1.165, 1.54) is 18.2 Å². The number of carbonyl (C=O) groups excluding carboxylic acids is 1. The van der Waals surface area contributed by atoms with E-state index < -0.39 is 11.9 Å². The molecule has 6 nitrogen and oxygen atoms in total. The third-order valence-electron chi connectivity index (χ3n) is 4.37. The quantitative estimate of drug-likeness (QED) is 0.926. The molecule has 128 valence electrons. The maximum Gasteiger partial charge on any atom is 0.256 e. The number of halogens is 1. The number of nitrogens with zero attached hydrogens (tertiary/aromatic N) is 3. The fourth-order valence-corrected chi connectivity index (χ4v) is 3.03. The van der Waals surface area contributed by atoms with E-state index in [-0.39, 0.29) is 11.5 Å². The molecule has 0 aliphatic carbocycles. The molecule has 2 aromatic rings. The molecule has 3 rings (SSSR count). The van der Waals surface area contributed by atoms with Crippen LogP contribution in [-0.2, 0) is 11.2 Å². The van der Waals surface area contributed by atoms with Crippen LogP contribution in [-0.4, -0.2) is 39.1 Å². The molecule has 1 aromatic heterocycles.